The van der Waals surface area contributed by atoms with Crippen molar-refractivity contribution in [3.8, 4) is 5.75 Å². The largest absolute Gasteiger partial charge is 0.494 e. The summed E-state index contributed by atoms with van der Waals surface area (Å²) in [7, 11) is 0. The van der Waals surface area contributed by atoms with Gasteiger partial charge in [0.05, 0.1) is 29.8 Å². The zero-order chi connectivity index (χ0) is 26.3. The standard InChI is InChI=1S/C26H27BrClN3O5S/c1-2-36-17-9-7-16(8-10-17)29-23(33)19-20-25(35)31(11-12-32)22(26(20)13-18(27)21(19)37-26)24(34)30-15-5-3-14(28)4-6-15/h3-10,18-22,32H,2,11-13H2,1H3,(H,29,33)(H,30,34)/t18?,19-,20+,21-,22?,26?/m1/s1. The quantitative estimate of drug-likeness (QED) is 0.394. The van der Waals surface area contributed by atoms with E-state index in [9.17, 15) is 19.5 Å². The highest BCUT2D eigenvalue weighted by Crippen LogP contribution is 2.67. The Kier molecular flexibility index (Phi) is 7.46. The number of aliphatic hydroxyl groups excluding tert-OH is 1. The van der Waals surface area contributed by atoms with Crippen molar-refractivity contribution in [3.63, 3.8) is 0 Å². The second-order valence-corrected chi connectivity index (χ2v) is 12.5. The first-order valence-corrected chi connectivity index (χ1v) is 14.3. The molecule has 8 nitrogen and oxygen atoms in total. The van der Waals surface area contributed by atoms with E-state index in [1.807, 2.05) is 6.92 Å². The number of fused-ring (bicyclic) bond motifs is 1. The van der Waals surface area contributed by atoms with Crippen LogP contribution in [0.3, 0.4) is 0 Å². The van der Waals surface area contributed by atoms with Crippen LogP contribution >= 0.6 is 39.3 Å². The van der Waals surface area contributed by atoms with Gasteiger partial charge in [0.2, 0.25) is 17.7 Å². The number of carbonyl (C=O) groups is 3. The van der Waals surface area contributed by atoms with Crippen LogP contribution in [0.25, 0.3) is 0 Å². The number of nitrogens with one attached hydrogen (secondary N) is 2. The number of ether oxygens (including phenoxy) is 1. The molecule has 3 unspecified atom stereocenters. The number of β-amino-alcohol motifs (C(OH)–C–C–N with tert-alkyl or cyclic N) is 1. The van der Waals surface area contributed by atoms with E-state index < -0.39 is 22.6 Å². The highest BCUT2D eigenvalue weighted by atomic mass is 79.9. The van der Waals surface area contributed by atoms with E-state index in [-0.39, 0.29) is 41.0 Å². The first-order valence-electron chi connectivity index (χ1n) is 12.1. The zero-order valence-corrected chi connectivity index (χ0v) is 23.2. The molecule has 3 aliphatic heterocycles. The number of carbonyl (C=O) groups excluding carboxylic acids is 3. The molecule has 2 aromatic carbocycles. The van der Waals surface area contributed by atoms with E-state index in [4.69, 9.17) is 16.3 Å². The van der Waals surface area contributed by atoms with Gasteiger partial charge in [0.15, 0.2) is 0 Å². The first-order chi connectivity index (χ1) is 17.8. The van der Waals surface area contributed by atoms with Crippen LogP contribution < -0.4 is 15.4 Å². The van der Waals surface area contributed by atoms with E-state index in [0.29, 0.717) is 35.2 Å². The Morgan fingerprint density at radius 3 is 2.38 bits per heavy atom. The van der Waals surface area contributed by atoms with Gasteiger partial charge in [-0.2, -0.15) is 0 Å². The maximum Gasteiger partial charge on any atom is 0.248 e. The molecule has 3 fully saturated rings. The molecule has 6 atom stereocenters. The lowest BCUT2D eigenvalue weighted by atomic mass is 9.70. The van der Waals surface area contributed by atoms with Crippen LogP contribution in [0, 0.1) is 11.8 Å². The fourth-order valence-electron chi connectivity index (χ4n) is 5.85. The van der Waals surface area contributed by atoms with Gasteiger partial charge in [-0.1, -0.05) is 27.5 Å². The minimum Gasteiger partial charge on any atom is -0.494 e. The maximum atomic E-state index is 13.8. The molecule has 0 aromatic heterocycles. The molecule has 0 saturated carbocycles. The molecular weight excluding hydrogens is 582 g/mol. The number of aliphatic hydroxyl groups is 1. The van der Waals surface area contributed by atoms with E-state index in [0.717, 1.165) is 0 Å². The predicted molar refractivity (Wildman–Crippen MR) is 147 cm³/mol. The molecule has 1 spiro atoms. The van der Waals surface area contributed by atoms with Crippen LogP contribution in [0.4, 0.5) is 11.4 Å². The van der Waals surface area contributed by atoms with Crippen molar-refractivity contribution in [1.82, 2.24) is 4.90 Å². The van der Waals surface area contributed by atoms with Crippen molar-refractivity contribution in [2.45, 2.75) is 34.2 Å². The van der Waals surface area contributed by atoms with Crippen LogP contribution in [0.1, 0.15) is 13.3 Å². The van der Waals surface area contributed by atoms with Gasteiger partial charge in [0, 0.05) is 33.0 Å². The average molecular weight is 609 g/mol. The topological polar surface area (TPSA) is 108 Å². The van der Waals surface area contributed by atoms with Gasteiger partial charge in [-0.15, -0.1) is 11.8 Å². The summed E-state index contributed by atoms with van der Waals surface area (Å²) in [5.41, 5.74) is 1.17. The lowest BCUT2D eigenvalue weighted by Crippen LogP contribution is -2.53. The third kappa shape index (κ3) is 4.62. The Bertz CT molecular complexity index is 1200. The molecule has 0 aliphatic carbocycles. The van der Waals surface area contributed by atoms with E-state index in [1.54, 1.807) is 60.3 Å². The summed E-state index contributed by atoms with van der Waals surface area (Å²) < 4.78 is 4.68. The molecule has 3 amide bonds. The van der Waals surface area contributed by atoms with Gasteiger partial charge in [-0.3, -0.25) is 14.4 Å². The van der Waals surface area contributed by atoms with Gasteiger partial charge in [0.1, 0.15) is 11.8 Å². The lowest BCUT2D eigenvalue weighted by molar-refractivity contribution is -0.138. The molecule has 2 aromatic rings. The van der Waals surface area contributed by atoms with Crippen molar-refractivity contribution in [2.24, 2.45) is 11.8 Å². The third-order valence-electron chi connectivity index (χ3n) is 7.23. The number of rotatable bonds is 8. The van der Waals surface area contributed by atoms with Gasteiger partial charge in [0.25, 0.3) is 0 Å². The number of benzene rings is 2. The van der Waals surface area contributed by atoms with E-state index in [2.05, 4.69) is 26.6 Å². The Balaban J connectivity index is 1.43. The van der Waals surface area contributed by atoms with Crippen LogP contribution in [0.15, 0.2) is 48.5 Å². The Morgan fingerprint density at radius 1 is 1.14 bits per heavy atom. The summed E-state index contributed by atoms with van der Waals surface area (Å²) in [6.07, 6.45) is 0.562. The van der Waals surface area contributed by atoms with Crippen molar-refractivity contribution in [1.29, 1.82) is 0 Å². The Labute approximate surface area is 232 Å². The normalized spacial score (nSPS) is 29.8. The number of anilines is 2. The number of hydrogen-bond acceptors (Lipinski definition) is 6. The highest BCUT2D eigenvalue weighted by Gasteiger charge is 2.75. The minimum absolute atomic E-state index is 0.0151. The number of likely N-dealkylation sites (tertiary alicyclic amines) is 1. The van der Waals surface area contributed by atoms with Crippen LogP contribution in [0.2, 0.25) is 5.02 Å². The fourth-order valence-corrected chi connectivity index (χ4v) is 9.59. The van der Waals surface area contributed by atoms with Crippen molar-refractivity contribution in [2.75, 3.05) is 30.4 Å². The molecule has 3 heterocycles. The van der Waals surface area contributed by atoms with Gasteiger partial charge < -0.3 is 25.4 Å². The van der Waals surface area contributed by atoms with Crippen molar-refractivity contribution >= 4 is 68.4 Å². The Morgan fingerprint density at radius 2 is 1.76 bits per heavy atom. The number of hydrogen-bond donors (Lipinski definition) is 3. The maximum absolute atomic E-state index is 13.8. The SMILES string of the molecule is CCOc1ccc(NC(=O)[C@H]2[C@@H]3SC4(CC3Br)C(C(=O)Nc3ccc(Cl)cc3)N(CCO)C(=O)[C@H]24)cc1. The monoisotopic (exact) mass is 607 g/mol. The lowest BCUT2D eigenvalue weighted by Gasteiger charge is -2.35. The fraction of sp³-hybridized carbons (Fsp3) is 0.423. The summed E-state index contributed by atoms with van der Waals surface area (Å²) in [6.45, 7) is 2.17. The molecule has 11 heteroatoms. The highest BCUT2D eigenvalue weighted by molar-refractivity contribution is 9.09. The number of thioether (sulfide) groups is 1. The third-order valence-corrected chi connectivity index (χ3v) is 10.7. The van der Waals surface area contributed by atoms with Gasteiger partial charge in [-0.25, -0.2) is 0 Å². The molecule has 37 heavy (non-hydrogen) atoms. The molecular formula is C26H27BrClN3O5S. The number of nitrogens with zero attached hydrogens (tertiary/aromatic N) is 1. The summed E-state index contributed by atoms with van der Waals surface area (Å²) >= 11 is 11.3. The van der Waals surface area contributed by atoms with Crippen LogP contribution in [-0.2, 0) is 14.4 Å². The molecule has 3 aliphatic rings. The summed E-state index contributed by atoms with van der Waals surface area (Å²) in [4.78, 5) is 42.4. The molecule has 3 saturated heterocycles. The summed E-state index contributed by atoms with van der Waals surface area (Å²) in [5, 5.41) is 16.0. The first kappa shape index (κ1) is 26.3. The number of alkyl halides is 1. The summed E-state index contributed by atoms with van der Waals surface area (Å²) in [5.74, 6) is -1.47. The smallest absolute Gasteiger partial charge is 0.248 e. The molecule has 196 valence electrons. The summed E-state index contributed by atoms with van der Waals surface area (Å²) in [6, 6.07) is 13.0. The Hall–Kier alpha value is -2.27. The zero-order valence-electron chi connectivity index (χ0n) is 20.0. The van der Waals surface area contributed by atoms with E-state index >= 15 is 0 Å². The minimum atomic E-state index is -0.828. The molecule has 0 radical (unpaired) electrons. The second-order valence-electron chi connectivity index (χ2n) is 9.36. The van der Waals surface area contributed by atoms with E-state index in [1.165, 1.54) is 4.90 Å². The number of halogens is 2. The van der Waals surface area contributed by atoms with Gasteiger partial charge >= 0.3 is 0 Å². The van der Waals surface area contributed by atoms with Gasteiger partial charge in [-0.05, 0) is 61.9 Å². The second kappa shape index (κ2) is 10.5. The predicted octanol–water partition coefficient (Wildman–Crippen LogP) is 3.77. The average Bonchev–Trinajstić information content (AvgIpc) is 3.46. The molecule has 5 rings (SSSR count). The van der Waals surface area contributed by atoms with Crippen molar-refractivity contribution < 1.29 is 24.2 Å². The van der Waals surface area contributed by atoms with Crippen molar-refractivity contribution in [3.05, 3.63) is 53.6 Å². The molecule has 2 bridgehead atoms. The van der Waals surface area contributed by atoms with Crippen LogP contribution in [-0.4, -0.2) is 68.4 Å². The number of amides is 3. The molecule has 3 N–H and O–H groups in total. The van der Waals surface area contributed by atoms with Crippen LogP contribution in [0.5, 0.6) is 5.75 Å².